The van der Waals surface area contributed by atoms with E-state index in [2.05, 4.69) is 5.32 Å². The van der Waals surface area contributed by atoms with Gasteiger partial charge in [-0.3, -0.25) is 0 Å². The summed E-state index contributed by atoms with van der Waals surface area (Å²) in [6, 6.07) is 4.66. The van der Waals surface area contributed by atoms with Crippen molar-refractivity contribution >= 4 is 33.2 Å². The molecule has 0 atom stereocenters. The fourth-order valence-electron chi connectivity index (χ4n) is 2.21. The smallest absolute Gasteiger partial charge is 0.245 e. The van der Waals surface area contributed by atoms with E-state index in [0.29, 0.717) is 19.6 Å². The second-order valence-corrected chi connectivity index (χ2v) is 7.73. The molecule has 0 saturated carbocycles. The van der Waals surface area contributed by atoms with Crippen molar-refractivity contribution < 1.29 is 8.42 Å². The number of piperazine rings is 1. The second-order valence-electron chi connectivity index (χ2n) is 5.12. The van der Waals surface area contributed by atoms with E-state index in [4.69, 9.17) is 23.2 Å². The largest absolute Gasteiger partial charge is 0.314 e. The van der Waals surface area contributed by atoms with Crippen molar-refractivity contribution in [3.05, 3.63) is 28.2 Å². The standard InChI is InChI=1S/C12H16Cl2N2O2S/c1-12(2)8-15-6-7-16(12)19(17,18)10-5-3-4-9(13)11(10)14/h3-5,15H,6-8H2,1-2H3. The van der Waals surface area contributed by atoms with Crippen molar-refractivity contribution in [3.8, 4) is 0 Å². The third kappa shape index (κ3) is 2.76. The molecule has 1 N–H and O–H groups in total. The molecular formula is C12H16Cl2N2O2S. The van der Waals surface area contributed by atoms with E-state index < -0.39 is 15.6 Å². The van der Waals surface area contributed by atoms with Gasteiger partial charge in [0.15, 0.2) is 0 Å². The molecule has 0 spiro atoms. The molecule has 0 radical (unpaired) electrons. The molecular weight excluding hydrogens is 307 g/mol. The lowest BCUT2D eigenvalue weighted by molar-refractivity contribution is 0.186. The molecule has 4 nitrogen and oxygen atoms in total. The average Bonchev–Trinajstić information content (AvgIpc) is 2.31. The van der Waals surface area contributed by atoms with Gasteiger partial charge in [-0.05, 0) is 26.0 Å². The lowest BCUT2D eigenvalue weighted by Crippen LogP contribution is -2.59. The van der Waals surface area contributed by atoms with Crippen LogP contribution in [0.1, 0.15) is 13.8 Å². The zero-order valence-electron chi connectivity index (χ0n) is 10.8. The van der Waals surface area contributed by atoms with Crippen LogP contribution in [0.25, 0.3) is 0 Å². The molecule has 1 aliphatic heterocycles. The van der Waals surface area contributed by atoms with E-state index in [1.54, 1.807) is 12.1 Å². The first-order valence-electron chi connectivity index (χ1n) is 5.94. The maximum atomic E-state index is 12.7. The van der Waals surface area contributed by atoms with Crippen molar-refractivity contribution in [2.45, 2.75) is 24.3 Å². The van der Waals surface area contributed by atoms with Crippen LogP contribution in [0.3, 0.4) is 0 Å². The lowest BCUT2D eigenvalue weighted by atomic mass is 10.0. The van der Waals surface area contributed by atoms with Gasteiger partial charge in [0, 0.05) is 25.2 Å². The molecule has 1 aliphatic rings. The fraction of sp³-hybridized carbons (Fsp3) is 0.500. The van der Waals surface area contributed by atoms with Crippen LogP contribution in [0.5, 0.6) is 0 Å². The van der Waals surface area contributed by atoms with E-state index >= 15 is 0 Å². The molecule has 0 aliphatic carbocycles. The average molecular weight is 323 g/mol. The maximum absolute atomic E-state index is 12.7. The van der Waals surface area contributed by atoms with Gasteiger partial charge < -0.3 is 5.32 Å². The number of benzene rings is 1. The van der Waals surface area contributed by atoms with Crippen molar-refractivity contribution in [3.63, 3.8) is 0 Å². The highest BCUT2D eigenvalue weighted by molar-refractivity contribution is 7.89. The normalized spacial score (nSPS) is 20.4. The molecule has 1 heterocycles. The molecule has 1 aromatic carbocycles. The van der Waals surface area contributed by atoms with Gasteiger partial charge >= 0.3 is 0 Å². The van der Waals surface area contributed by atoms with Crippen molar-refractivity contribution in [1.82, 2.24) is 9.62 Å². The summed E-state index contributed by atoms with van der Waals surface area (Å²) in [6.45, 7) is 5.41. The third-order valence-corrected chi connectivity index (χ3v) is 6.29. The Labute approximate surface area is 123 Å². The Morgan fingerprint density at radius 1 is 1.32 bits per heavy atom. The summed E-state index contributed by atoms with van der Waals surface area (Å²) in [5.41, 5.74) is -0.497. The first kappa shape index (κ1) is 15.1. The maximum Gasteiger partial charge on any atom is 0.245 e. The van der Waals surface area contributed by atoms with Gasteiger partial charge in [0.2, 0.25) is 10.0 Å². The Bertz CT molecular complexity index is 587. The minimum absolute atomic E-state index is 0.0663. The first-order chi connectivity index (χ1) is 8.77. The van der Waals surface area contributed by atoms with E-state index in [1.807, 2.05) is 13.8 Å². The summed E-state index contributed by atoms with van der Waals surface area (Å²) >= 11 is 11.9. The molecule has 1 aromatic rings. The lowest BCUT2D eigenvalue weighted by Gasteiger charge is -2.41. The highest BCUT2D eigenvalue weighted by Gasteiger charge is 2.39. The van der Waals surface area contributed by atoms with Gasteiger partial charge in [-0.25, -0.2) is 8.42 Å². The third-order valence-electron chi connectivity index (χ3n) is 3.21. The Balaban J connectivity index is 2.50. The summed E-state index contributed by atoms with van der Waals surface area (Å²) in [6.07, 6.45) is 0. The molecule has 19 heavy (non-hydrogen) atoms. The van der Waals surface area contributed by atoms with Gasteiger partial charge in [-0.2, -0.15) is 4.31 Å². The Hall–Kier alpha value is -0.330. The van der Waals surface area contributed by atoms with Gasteiger partial charge in [-0.15, -0.1) is 0 Å². The van der Waals surface area contributed by atoms with Gasteiger partial charge in [0.25, 0.3) is 0 Å². The first-order valence-corrected chi connectivity index (χ1v) is 8.14. The molecule has 0 amide bonds. The quantitative estimate of drug-likeness (QED) is 0.909. The predicted octanol–water partition coefficient (Wildman–Crippen LogP) is 2.37. The molecule has 7 heteroatoms. The second kappa shape index (κ2) is 5.22. The molecule has 0 unspecified atom stereocenters. The monoisotopic (exact) mass is 322 g/mol. The van der Waals surface area contributed by atoms with Crippen LogP contribution in [-0.4, -0.2) is 37.9 Å². The van der Waals surface area contributed by atoms with Gasteiger partial charge in [0.1, 0.15) is 4.90 Å². The Morgan fingerprint density at radius 2 is 2.00 bits per heavy atom. The minimum atomic E-state index is -3.65. The molecule has 0 aromatic heterocycles. The Kier molecular flexibility index (Phi) is 4.14. The fourth-order valence-corrected chi connectivity index (χ4v) is 4.73. The van der Waals surface area contributed by atoms with E-state index in [1.165, 1.54) is 10.4 Å². The number of halogens is 2. The number of nitrogens with one attached hydrogen (secondary N) is 1. The molecule has 2 rings (SSSR count). The summed E-state index contributed by atoms with van der Waals surface area (Å²) in [5.74, 6) is 0. The number of hydrogen-bond acceptors (Lipinski definition) is 3. The minimum Gasteiger partial charge on any atom is -0.314 e. The van der Waals surface area contributed by atoms with Crippen molar-refractivity contribution in [1.29, 1.82) is 0 Å². The van der Waals surface area contributed by atoms with Crippen LogP contribution < -0.4 is 5.32 Å². The zero-order valence-corrected chi connectivity index (χ0v) is 13.1. The number of nitrogens with zero attached hydrogens (tertiary/aromatic N) is 1. The van der Waals surface area contributed by atoms with Crippen LogP contribution in [-0.2, 0) is 10.0 Å². The molecule has 0 bridgehead atoms. The van der Waals surface area contributed by atoms with E-state index in [0.717, 1.165) is 0 Å². The van der Waals surface area contributed by atoms with E-state index in [-0.39, 0.29) is 14.9 Å². The summed E-state index contributed by atoms with van der Waals surface area (Å²) in [5, 5.41) is 3.52. The van der Waals surface area contributed by atoms with Crippen LogP contribution in [0.2, 0.25) is 10.0 Å². The molecule has 106 valence electrons. The van der Waals surface area contributed by atoms with Crippen LogP contribution in [0.4, 0.5) is 0 Å². The number of hydrogen-bond donors (Lipinski definition) is 1. The summed E-state index contributed by atoms with van der Waals surface area (Å²) in [4.78, 5) is 0.0663. The van der Waals surface area contributed by atoms with Gasteiger partial charge in [0.05, 0.1) is 10.0 Å². The zero-order chi connectivity index (χ0) is 14.3. The van der Waals surface area contributed by atoms with Crippen molar-refractivity contribution in [2.24, 2.45) is 0 Å². The summed E-state index contributed by atoms with van der Waals surface area (Å²) in [7, 11) is -3.65. The SMILES string of the molecule is CC1(C)CNCCN1S(=O)(=O)c1cccc(Cl)c1Cl. The van der Waals surface area contributed by atoms with Crippen LogP contribution in [0, 0.1) is 0 Å². The number of rotatable bonds is 2. The summed E-state index contributed by atoms with van der Waals surface area (Å²) < 4.78 is 26.9. The van der Waals surface area contributed by atoms with Crippen LogP contribution in [0.15, 0.2) is 23.1 Å². The molecule has 1 saturated heterocycles. The highest BCUT2D eigenvalue weighted by atomic mass is 35.5. The van der Waals surface area contributed by atoms with Crippen LogP contribution >= 0.6 is 23.2 Å². The van der Waals surface area contributed by atoms with Gasteiger partial charge in [-0.1, -0.05) is 29.3 Å². The topological polar surface area (TPSA) is 49.4 Å². The molecule has 1 fully saturated rings. The highest BCUT2D eigenvalue weighted by Crippen LogP contribution is 2.33. The van der Waals surface area contributed by atoms with Crippen molar-refractivity contribution in [2.75, 3.05) is 19.6 Å². The Morgan fingerprint density at radius 3 is 2.63 bits per heavy atom. The predicted molar refractivity (Wildman–Crippen MR) is 77.3 cm³/mol. The number of sulfonamides is 1. The van der Waals surface area contributed by atoms with E-state index in [9.17, 15) is 8.42 Å².